The molecule has 152 valence electrons. The summed E-state index contributed by atoms with van der Waals surface area (Å²) in [6.07, 6.45) is 0.551. The van der Waals surface area contributed by atoms with E-state index in [4.69, 9.17) is 4.74 Å². The molecule has 1 aromatic carbocycles. The number of amides is 1. The molecule has 1 saturated heterocycles. The number of sulfone groups is 1. The zero-order valence-electron chi connectivity index (χ0n) is 16.2. The van der Waals surface area contributed by atoms with Crippen molar-refractivity contribution in [2.24, 2.45) is 0 Å². The lowest BCUT2D eigenvalue weighted by Crippen LogP contribution is -2.31. The Hall–Kier alpha value is -2.42. The third-order valence-corrected chi connectivity index (χ3v) is 6.79. The Morgan fingerprint density at radius 2 is 2.07 bits per heavy atom. The zero-order chi connectivity index (χ0) is 20.5. The van der Waals surface area contributed by atoms with E-state index in [1.165, 1.54) is 17.0 Å². The summed E-state index contributed by atoms with van der Waals surface area (Å²) in [6, 6.07) is 5.76. The summed E-state index contributed by atoms with van der Waals surface area (Å²) in [6.45, 7) is 3.77. The second-order valence-corrected chi connectivity index (χ2v) is 9.35. The molecule has 0 unspecified atom stereocenters. The largest absolute Gasteiger partial charge is 0.481 e. The third-order valence-electron chi connectivity index (χ3n) is 5.04. The highest BCUT2D eigenvalue weighted by Gasteiger charge is 2.31. The Balaban J connectivity index is 1.66. The highest BCUT2D eigenvalue weighted by Crippen LogP contribution is 2.27. The second-order valence-electron chi connectivity index (χ2n) is 7.12. The molecule has 1 aromatic heterocycles. The zero-order valence-corrected chi connectivity index (χ0v) is 17.0. The molecular formula is C19H24FN3O4S. The quantitative estimate of drug-likeness (QED) is 0.729. The number of nitrogens with zero attached hydrogens (tertiary/aromatic N) is 3. The summed E-state index contributed by atoms with van der Waals surface area (Å²) in [5.41, 5.74) is 2.50. The van der Waals surface area contributed by atoms with Gasteiger partial charge in [0.2, 0.25) is 0 Å². The number of ether oxygens (including phenoxy) is 1. The van der Waals surface area contributed by atoms with Crippen molar-refractivity contribution in [3.63, 3.8) is 0 Å². The van der Waals surface area contributed by atoms with Gasteiger partial charge in [0.05, 0.1) is 23.2 Å². The molecule has 0 radical (unpaired) electrons. The molecule has 9 heteroatoms. The van der Waals surface area contributed by atoms with Crippen LogP contribution in [0.4, 0.5) is 4.39 Å². The molecule has 2 heterocycles. The molecule has 1 aliphatic heterocycles. The molecular weight excluding hydrogens is 385 g/mol. The molecule has 0 spiro atoms. The molecule has 1 aliphatic rings. The van der Waals surface area contributed by atoms with Gasteiger partial charge in [0.25, 0.3) is 5.91 Å². The van der Waals surface area contributed by atoms with Gasteiger partial charge in [-0.1, -0.05) is 12.1 Å². The maximum absolute atomic E-state index is 13.6. The van der Waals surface area contributed by atoms with Crippen LogP contribution in [0, 0.1) is 19.7 Å². The lowest BCUT2D eigenvalue weighted by atomic mass is 10.1. The first-order valence-electron chi connectivity index (χ1n) is 9.04. The second kappa shape index (κ2) is 7.90. The predicted octanol–water partition coefficient (Wildman–Crippen LogP) is 2.04. The fourth-order valence-corrected chi connectivity index (χ4v) is 5.08. The van der Waals surface area contributed by atoms with Gasteiger partial charge < -0.3 is 9.64 Å². The highest BCUT2D eigenvalue weighted by atomic mass is 32.2. The van der Waals surface area contributed by atoms with Gasteiger partial charge in [-0.3, -0.25) is 9.48 Å². The van der Waals surface area contributed by atoms with Gasteiger partial charge in [0, 0.05) is 24.8 Å². The van der Waals surface area contributed by atoms with E-state index in [9.17, 15) is 17.6 Å². The maximum Gasteiger partial charge on any atom is 0.260 e. The summed E-state index contributed by atoms with van der Waals surface area (Å²) in [7, 11) is -1.37. The number of benzene rings is 1. The van der Waals surface area contributed by atoms with Gasteiger partial charge in [-0.15, -0.1) is 0 Å². The van der Waals surface area contributed by atoms with E-state index < -0.39 is 15.7 Å². The minimum atomic E-state index is -3.01. The predicted molar refractivity (Wildman–Crippen MR) is 102 cm³/mol. The van der Waals surface area contributed by atoms with E-state index >= 15 is 0 Å². The van der Waals surface area contributed by atoms with Gasteiger partial charge in [0.15, 0.2) is 28.0 Å². The minimum Gasteiger partial charge on any atom is -0.481 e. The van der Waals surface area contributed by atoms with Gasteiger partial charge in [-0.25, -0.2) is 12.8 Å². The van der Waals surface area contributed by atoms with Crippen LogP contribution in [0.25, 0.3) is 0 Å². The Morgan fingerprint density at radius 1 is 1.36 bits per heavy atom. The van der Waals surface area contributed by atoms with E-state index in [1.54, 1.807) is 23.9 Å². The van der Waals surface area contributed by atoms with Gasteiger partial charge in [-0.05, 0) is 32.4 Å². The molecule has 2 aromatic rings. The van der Waals surface area contributed by atoms with Crippen molar-refractivity contribution in [3.05, 3.63) is 47.0 Å². The number of likely N-dealkylation sites (N-methyl/N-ethyl adjacent to an activating group) is 1. The number of hydrogen-bond acceptors (Lipinski definition) is 5. The molecule has 0 aliphatic carbocycles. The molecule has 3 rings (SSSR count). The van der Waals surface area contributed by atoms with Crippen LogP contribution in [0.2, 0.25) is 0 Å². The number of hydrogen-bond donors (Lipinski definition) is 0. The molecule has 1 atom stereocenters. The Bertz CT molecular complexity index is 987. The number of rotatable bonds is 6. The first-order valence-corrected chi connectivity index (χ1v) is 10.9. The molecule has 0 bridgehead atoms. The molecule has 1 fully saturated rings. The molecule has 0 N–H and O–H groups in total. The minimum absolute atomic E-state index is 0.0341. The Kier molecular flexibility index (Phi) is 5.74. The number of halogens is 1. The van der Waals surface area contributed by atoms with Crippen LogP contribution < -0.4 is 4.74 Å². The Morgan fingerprint density at radius 3 is 2.71 bits per heavy atom. The summed E-state index contributed by atoms with van der Waals surface area (Å²) in [4.78, 5) is 13.9. The fourth-order valence-electron chi connectivity index (χ4n) is 3.39. The van der Waals surface area contributed by atoms with Crippen LogP contribution in [0.3, 0.4) is 0 Å². The van der Waals surface area contributed by atoms with Gasteiger partial charge in [-0.2, -0.15) is 5.10 Å². The Labute approximate surface area is 164 Å². The number of aryl methyl sites for hydroxylation is 1. The van der Waals surface area contributed by atoms with Crippen molar-refractivity contribution in [1.29, 1.82) is 0 Å². The van der Waals surface area contributed by atoms with Crippen LogP contribution in [0.15, 0.2) is 24.3 Å². The van der Waals surface area contributed by atoms with Gasteiger partial charge in [0.1, 0.15) is 0 Å². The lowest BCUT2D eigenvalue weighted by molar-refractivity contribution is -0.132. The molecule has 1 amide bonds. The number of para-hydroxylation sites is 1. The SMILES string of the molecule is Cc1nn([C@@H]2CCS(=O)(=O)C2)c(C)c1CN(C)C(=O)COc1ccccc1F. The van der Waals surface area contributed by atoms with Gasteiger partial charge >= 0.3 is 0 Å². The fraction of sp³-hybridized carbons (Fsp3) is 0.474. The smallest absolute Gasteiger partial charge is 0.260 e. The van der Waals surface area contributed by atoms with Crippen molar-refractivity contribution in [3.8, 4) is 5.75 Å². The van der Waals surface area contributed by atoms with Crippen molar-refractivity contribution in [2.75, 3.05) is 25.2 Å². The van der Waals surface area contributed by atoms with E-state index in [-0.39, 0.29) is 35.8 Å². The number of aromatic nitrogens is 2. The molecule has 28 heavy (non-hydrogen) atoms. The number of carbonyl (C=O) groups excluding carboxylic acids is 1. The standard InChI is InChI=1S/C19H24FN3O4S/c1-13-16(14(2)23(21-13)15-8-9-28(25,26)12-15)10-22(3)19(24)11-27-18-7-5-4-6-17(18)20/h4-7,15H,8-12H2,1-3H3/t15-/m1/s1. The van der Waals surface area contributed by atoms with E-state index in [0.717, 1.165) is 17.0 Å². The van der Waals surface area contributed by atoms with Crippen molar-refractivity contribution in [1.82, 2.24) is 14.7 Å². The average Bonchev–Trinajstić information content (AvgIpc) is 3.14. The van der Waals surface area contributed by atoms with Crippen molar-refractivity contribution >= 4 is 15.7 Å². The molecule has 0 saturated carbocycles. The average molecular weight is 409 g/mol. The van der Waals surface area contributed by atoms with Crippen molar-refractivity contribution in [2.45, 2.75) is 32.9 Å². The summed E-state index contributed by atoms with van der Waals surface area (Å²) >= 11 is 0. The number of carbonyl (C=O) groups is 1. The third kappa shape index (κ3) is 4.35. The van der Waals surface area contributed by atoms with E-state index in [0.29, 0.717) is 13.0 Å². The highest BCUT2D eigenvalue weighted by molar-refractivity contribution is 7.91. The van der Waals surface area contributed by atoms with Crippen LogP contribution in [-0.4, -0.2) is 54.2 Å². The monoisotopic (exact) mass is 409 g/mol. The van der Waals surface area contributed by atoms with E-state index in [1.807, 2.05) is 13.8 Å². The maximum atomic E-state index is 13.6. The van der Waals surface area contributed by atoms with Crippen LogP contribution in [0.5, 0.6) is 5.75 Å². The first kappa shape index (κ1) is 20.3. The summed E-state index contributed by atoms with van der Waals surface area (Å²) in [5, 5.41) is 4.51. The summed E-state index contributed by atoms with van der Waals surface area (Å²) in [5.74, 6) is -0.501. The van der Waals surface area contributed by atoms with Crippen LogP contribution in [0.1, 0.15) is 29.4 Å². The molecule has 7 nitrogen and oxygen atoms in total. The topological polar surface area (TPSA) is 81.5 Å². The normalized spacial score (nSPS) is 18.2. The lowest BCUT2D eigenvalue weighted by Gasteiger charge is -2.18. The van der Waals surface area contributed by atoms with Crippen LogP contribution >= 0.6 is 0 Å². The van der Waals surface area contributed by atoms with Crippen LogP contribution in [-0.2, 0) is 21.2 Å². The summed E-state index contributed by atoms with van der Waals surface area (Å²) < 4.78 is 44.2. The van der Waals surface area contributed by atoms with Crippen molar-refractivity contribution < 1.29 is 22.3 Å². The first-order chi connectivity index (χ1) is 13.2. The van der Waals surface area contributed by atoms with E-state index in [2.05, 4.69) is 5.10 Å².